The number of hydrogen-bond acceptors (Lipinski definition) is 6. The molecule has 13 heteroatoms. The van der Waals surface area contributed by atoms with Crippen LogP contribution in [0.15, 0.2) is 47.4 Å². The van der Waals surface area contributed by atoms with Gasteiger partial charge in [-0.05, 0) is 49.7 Å². The molecule has 0 saturated carbocycles. The Morgan fingerprint density at radius 3 is 2.72 bits per heavy atom. The summed E-state index contributed by atoms with van der Waals surface area (Å²) < 4.78 is 107. The monoisotopic (exact) mass is 570 g/mol. The number of piperidine rings is 1. The summed E-state index contributed by atoms with van der Waals surface area (Å²) in [5.41, 5.74) is 0.897. The van der Waals surface area contributed by atoms with Gasteiger partial charge in [-0.25, -0.2) is 17.9 Å². The zero-order chi connectivity index (χ0) is 30.9. The fraction of sp³-hybridized carbons (Fsp3) is 0.385. The van der Waals surface area contributed by atoms with Gasteiger partial charge in [-0.1, -0.05) is 12.0 Å². The second-order valence-corrected chi connectivity index (χ2v) is 10.8. The van der Waals surface area contributed by atoms with E-state index in [4.69, 9.17) is 14.0 Å². The maximum absolute atomic E-state index is 14.7. The summed E-state index contributed by atoms with van der Waals surface area (Å²) in [4.78, 5) is 1.50. The van der Waals surface area contributed by atoms with E-state index >= 15 is 0 Å². The Balaban J connectivity index is 1.62. The molecular weight excluding hydrogens is 538 g/mol. The molecule has 0 aliphatic carbocycles. The number of likely N-dealkylation sites (tertiary alicyclic amines) is 1. The highest BCUT2D eigenvalue weighted by Crippen LogP contribution is 2.32. The summed E-state index contributed by atoms with van der Waals surface area (Å²) >= 11 is 0. The lowest BCUT2D eigenvalue weighted by Gasteiger charge is -2.33. The molecule has 2 atom stereocenters. The van der Waals surface area contributed by atoms with Crippen LogP contribution in [0.4, 0.5) is 28.9 Å². The number of hydrogen-bond donors (Lipinski definition) is 3. The molecule has 3 aromatic rings. The molecule has 1 aliphatic heterocycles. The van der Waals surface area contributed by atoms with Crippen LogP contribution in [0.3, 0.4) is 0 Å². The Labute approximate surface area is 228 Å². The predicted octanol–water partition coefficient (Wildman–Crippen LogP) is 3.78. The highest BCUT2D eigenvalue weighted by Gasteiger charge is 2.31. The number of alkyl halides is 4. The first-order chi connectivity index (χ1) is 19.5. The molecule has 0 unspecified atom stereocenters. The van der Waals surface area contributed by atoms with Gasteiger partial charge >= 0.3 is 6.18 Å². The Morgan fingerprint density at radius 1 is 1.23 bits per heavy atom. The number of nitrogens with two attached hydrogens (primary N) is 1. The average Bonchev–Trinajstić information content (AvgIpc) is 3.19. The quantitative estimate of drug-likeness (QED) is 0.295. The fourth-order valence-corrected chi connectivity index (χ4v) is 5.00. The van der Waals surface area contributed by atoms with Gasteiger partial charge in [0, 0.05) is 30.2 Å². The third-order valence-electron chi connectivity index (χ3n) is 6.34. The molecule has 39 heavy (non-hydrogen) atoms. The normalized spacial score (nSPS) is 19.9. The number of fused-ring (bicyclic) bond motifs is 1. The lowest BCUT2D eigenvalue weighted by Crippen LogP contribution is -2.46. The SMILES string of the molecule is [2H]C([2H])([2H])Oc1cc(S(N)(=O)=O)ccc1NCC#Cc1cc2c(N[C@@H]3CCN(C)C[C@@H]3F)cccc2n1CC(F)(F)F. The molecule has 1 saturated heterocycles. The molecule has 1 aromatic heterocycles. The van der Waals surface area contributed by atoms with Gasteiger partial charge in [-0.15, -0.1) is 0 Å². The lowest BCUT2D eigenvalue weighted by molar-refractivity contribution is -0.140. The van der Waals surface area contributed by atoms with E-state index in [1.54, 1.807) is 12.1 Å². The van der Waals surface area contributed by atoms with Crippen LogP contribution in [0, 0.1) is 11.8 Å². The second kappa shape index (κ2) is 11.3. The zero-order valence-corrected chi connectivity index (χ0v) is 21.7. The molecule has 0 bridgehead atoms. The van der Waals surface area contributed by atoms with Crippen LogP contribution in [0.25, 0.3) is 10.9 Å². The molecule has 0 amide bonds. The molecule has 0 spiro atoms. The highest BCUT2D eigenvalue weighted by molar-refractivity contribution is 7.89. The van der Waals surface area contributed by atoms with Gasteiger partial charge < -0.3 is 24.8 Å². The third kappa shape index (κ3) is 6.95. The summed E-state index contributed by atoms with van der Waals surface area (Å²) in [6.45, 7) is -0.542. The van der Waals surface area contributed by atoms with Crippen molar-refractivity contribution in [3.63, 3.8) is 0 Å². The van der Waals surface area contributed by atoms with Gasteiger partial charge in [0.1, 0.15) is 18.5 Å². The van der Waals surface area contributed by atoms with Gasteiger partial charge in [-0.2, -0.15) is 13.2 Å². The Morgan fingerprint density at radius 2 is 2.03 bits per heavy atom. The largest absolute Gasteiger partial charge is 0.495 e. The average molecular weight is 571 g/mol. The summed E-state index contributed by atoms with van der Waals surface area (Å²) in [6, 6.07) is 9.13. The van der Waals surface area contributed by atoms with Gasteiger partial charge in [-0.3, -0.25) is 0 Å². The van der Waals surface area contributed by atoms with Crippen molar-refractivity contribution >= 4 is 32.3 Å². The summed E-state index contributed by atoms with van der Waals surface area (Å²) in [6.07, 6.45) is -5.17. The summed E-state index contributed by atoms with van der Waals surface area (Å²) in [7, 11) is -5.24. The Bertz CT molecular complexity index is 1620. The number of ether oxygens (including phenoxy) is 1. The van der Waals surface area contributed by atoms with Crippen molar-refractivity contribution in [2.75, 3.05) is 44.4 Å². The smallest absolute Gasteiger partial charge is 0.406 e. The maximum Gasteiger partial charge on any atom is 0.406 e. The number of benzene rings is 2. The lowest BCUT2D eigenvalue weighted by atomic mass is 10.0. The molecule has 1 aliphatic rings. The number of nitrogens with zero attached hydrogens (tertiary/aromatic N) is 2. The molecule has 2 aromatic carbocycles. The Kier molecular flexibility index (Phi) is 7.14. The number of nitrogens with one attached hydrogen (secondary N) is 2. The minimum atomic E-state index is -4.55. The topological polar surface area (TPSA) is 102 Å². The van der Waals surface area contributed by atoms with E-state index in [0.29, 0.717) is 24.0 Å². The van der Waals surface area contributed by atoms with Crippen LogP contribution in [0.1, 0.15) is 16.2 Å². The summed E-state index contributed by atoms with van der Waals surface area (Å²) in [5.74, 6) is 5.10. The van der Waals surface area contributed by atoms with E-state index in [1.165, 1.54) is 18.2 Å². The third-order valence-corrected chi connectivity index (χ3v) is 7.25. The highest BCUT2D eigenvalue weighted by atomic mass is 32.2. The first kappa shape index (κ1) is 24.6. The van der Waals surface area contributed by atoms with Crippen LogP contribution < -0.4 is 20.5 Å². The van der Waals surface area contributed by atoms with E-state index in [2.05, 4.69) is 22.5 Å². The Hall–Kier alpha value is -3.47. The number of halogens is 4. The number of primary sulfonamides is 1. The van der Waals surface area contributed by atoms with Crippen LogP contribution in [0.5, 0.6) is 5.75 Å². The molecule has 8 nitrogen and oxygen atoms in total. The van der Waals surface area contributed by atoms with Crippen molar-refractivity contribution in [1.82, 2.24) is 9.47 Å². The first-order valence-corrected chi connectivity index (χ1v) is 13.4. The van der Waals surface area contributed by atoms with Gasteiger partial charge in [0.05, 0.1) is 45.5 Å². The number of rotatable bonds is 7. The van der Waals surface area contributed by atoms with Crippen molar-refractivity contribution in [3.05, 3.63) is 48.2 Å². The molecule has 4 rings (SSSR count). The molecular formula is C26H29F4N5O3S. The van der Waals surface area contributed by atoms with Gasteiger partial charge in [0.25, 0.3) is 0 Å². The van der Waals surface area contributed by atoms with Crippen molar-refractivity contribution in [1.29, 1.82) is 0 Å². The minimum absolute atomic E-state index is 0.0575. The second-order valence-electron chi connectivity index (χ2n) is 9.25. The molecule has 1 fully saturated rings. The zero-order valence-electron chi connectivity index (χ0n) is 23.8. The molecule has 210 valence electrons. The van der Waals surface area contributed by atoms with Crippen LogP contribution >= 0.6 is 0 Å². The number of anilines is 2. The number of sulfonamides is 1. The number of methoxy groups -OCH3 is 1. The van der Waals surface area contributed by atoms with E-state index in [1.807, 2.05) is 11.9 Å². The molecule has 2 heterocycles. The maximum atomic E-state index is 14.7. The van der Waals surface area contributed by atoms with Crippen molar-refractivity contribution < 1.29 is 34.8 Å². The standard InChI is InChI=1S/C26H29F4N5O3S/c1-34-12-10-22(20(27)15-34)33-21-6-3-7-24-19(21)13-17(35(24)16-26(28,29)30)5-4-11-32-23-9-8-18(39(31,36)37)14-25(23)38-2/h3,6-9,13-14,20,22,32-33H,10-12,15-16H2,1-2H3,(H2,31,36,37)/t20-,22+/m0/s1/i2D3. The van der Waals surface area contributed by atoms with Gasteiger partial charge in [0.2, 0.25) is 10.0 Å². The first-order valence-electron chi connectivity index (χ1n) is 13.4. The number of aromatic nitrogens is 1. The van der Waals surface area contributed by atoms with E-state index < -0.39 is 42.0 Å². The van der Waals surface area contributed by atoms with Crippen molar-refractivity contribution in [3.8, 4) is 17.6 Å². The van der Waals surface area contributed by atoms with Crippen LogP contribution in [0.2, 0.25) is 0 Å². The fourth-order valence-electron chi connectivity index (χ4n) is 4.47. The van der Waals surface area contributed by atoms with E-state index in [-0.39, 0.29) is 40.6 Å². The summed E-state index contributed by atoms with van der Waals surface area (Å²) in [5, 5.41) is 11.5. The van der Waals surface area contributed by atoms with E-state index in [9.17, 15) is 26.0 Å². The minimum Gasteiger partial charge on any atom is -0.495 e. The van der Waals surface area contributed by atoms with Crippen LogP contribution in [-0.4, -0.2) is 70.0 Å². The predicted molar refractivity (Wildman–Crippen MR) is 142 cm³/mol. The van der Waals surface area contributed by atoms with Crippen LogP contribution in [-0.2, 0) is 16.6 Å². The van der Waals surface area contributed by atoms with Gasteiger partial charge in [0.15, 0.2) is 0 Å². The van der Waals surface area contributed by atoms with Crippen molar-refractivity contribution in [2.24, 2.45) is 5.14 Å². The van der Waals surface area contributed by atoms with Crippen molar-refractivity contribution in [2.45, 2.75) is 36.3 Å². The molecule has 0 radical (unpaired) electrons. The molecule has 4 N–H and O–H groups in total. The van der Waals surface area contributed by atoms with E-state index in [0.717, 1.165) is 16.7 Å².